The fourth-order valence-corrected chi connectivity index (χ4v) is 3.09. The summed E-state index contributed by atoms with van der Waals surface area (Å²) in [5, 5.41) is 0. The van der Waals surface area contributed by atoms with Crippen LogP contribution >= 0.6 is 0 Å². The SMILES string of the molecule is C=CCCc1ccc(OC/C(C)=C/C=C(CC)/C(C)=C/C=C(\C)C(C)/C=C\C(C)C)cc1. The molecule has 0 heterocycles. The lowest BCUT2D eigenvalue weighted by atomic mass is 9.98. The second-order valence-corrected chi connectivity index (χ2v) is 9.00. The molecule has 0 aliphatic heterocycles. The van der Waals surface area contributed by atoms with Gasteiger partial charge >= 0.3 is 0 Å². The van der Waals surface area contributed by atoms with Crippen molar-refractivity contribution >= 4 is 0 Å². The second kappa shape index (κ2) is 15.3. The van der Waals surface area contributed by atoms with Gasteiger partial charge in [-0.1, -0.05) is 87.9 Å². The molecule has 0 aromatic heterocycles. The highest BCUT2D eigenvalue weighted by Gasteiger charge is 2.01. The van der Waals surface area contributed by atoms with Gasteiger partial charge in [0, 0.05) is 0 Å². The van der Waals surface area contributed by atoms with E-state index in [0.29, 0.717) is 18.4 Å². The highest BCUT2D eigenvalue weighted by atomic mass is 16.5. The first-order valence-electron chi connectivity index (χ1n) is 12.0. The Bertz CT molecular complexity index is 841. The fourth-order valence-electron chi connectivity index (χ4n) is 3.09. The molecule has 1 aromatic rings. The molecule has 1 unspecified atom stereocenters. The van der Waals surface area contributed by atoms with E-state index in [9.17, 15) is 0 Å². The van der Waals surface area contributed by atoms with Crippen molar-refractivity contribution in [2.45, 2.75) is 67.7 Å². The molecule has 1 nitrogen and oxygen atoms in total. The van der Waals surface area contributed by atoms with Gasteiger partial charge in [0.2, 0.25) is 0 Å². The molecule has 1 atom stereocenters. The zero-order valence-electron chi connectivity index (χ0n) is 21.4. The van der Waals surface area contributed by atoms with E-state index in [0.717, 1.165) is 25.0 Å². The Kier molecular flexibility index (Phi) is 13.1. The number of hydrogen-bond donors (Lipinski definition) is 0. The maximum Gasteiger partial charge on any atom is 0.119 e. The van der Waals surface area contributed by atoms with Crippen molar-refractivity contribution in [2.24, 2.45) is 11.8 Å². The molecule has 0 saturated carbocycles. The van der Waals surface area contributed by atoms with Gasteiger partial charge in [0.25, 0.3) is 0 Å². The van der Waals surface area contributed by atoms with Crippen LogP contribution in [0, 0.1) is 11.8 Å². The molecule has 0 fully saturated rings. The van der Waals surface area contributed by atoms with E-state index < -0.39 is 0 Å². The zero-order valence-corrected chi connectivity index (χ0v) is 21.4. The van der Waals surface area contributed by atoms with Crippen LogP contribution in [0.5, 0.6) is 5.75 Å². The molecule has 1 aromatic carbocycles. The minimum Gasteiger partial charge on any atom is -0.489 e. The molecule has 1 heteroatoms. The molecule has 32 heavy (non-hydrogen) atoms. The predicted octanol–water partition coefficient (Wildman–Crippen LogP) is 9.21. The third kappa shape index (κ3) is 11.2. The molecule has 0 amide bonds. The van der Waals surface area contributed by atoms with Crippen molar-refractivity contribution in [2.75, 3.05) is 6.61 Å². The lowest BCUT2D eigenvalue weighted by molar-refractivity contribution is 0.352. The average molecular weight is 433 g/mol. The molecule has 0 N–H and O–H groups in total. The van der Waals surface area contributed by atoms with Crippen LogP contribution in [-0.2, 0) is 6.42 Å². The molecule has 0 spiro atoms. The van der Waals surface area contributed by atoms with Gasteiger partial charge < -0.3 is 4.74 Å². The lowest BCUT2D eigenvalue weighted by Gasteiger charge is -2.09. The fraction of sp³-hybridized carbons (Fsp3) is 0.419. The van der Waals surface area contributed by atoms with Crippen LogP contribution in [0.15, 0.2) is 95.7 Å². The highest BCUT2D eigenvalue weighted by molar-refractivity contribution is 5.36. The van der Waals surface area contributed by atoms with E-state index in [1.54, 1.807) is 0 Å². The van der Waals surface area contributed by atoms with Gasteiger partial charge in [0.15, 0.2) is 0 Å². The largest absolute Gasteiger partial charge is 0.489 e. The summed E-state index contributed by atoms with van der Waals surface area (Å²) in [4.78, 5) is 0. The Balaban J connectivity index is 2.72. The topological polar surface area (TPSA) is 9.23 Å². The van der Waals surface area contributed by atoms with Crippen LogP contribution in [0.25, 0.3) is 0 Å². The molecule has 1 rings (SSSR count). The predicted molar refractivity (Wildman–Crippen MR) is 143 cm³/mol. The van der Waals surface area contributed by atoms with Gasteiger partial charge in [-0.25, -0.2) is 0 Å². The van der Waals surface area contributed by atoms with E-state index in [2.05, 4.69) is 116 Å². The van der Waals surface area contributed by atoms with Crippen LogP contribution < -0.4 is 4.74 Å². The first-order chi connectivity index (χ1) is 15.3. The van der Waals surface area contributed by atoms with Crippen molar-refractivity contribution in [1.29, 1.82) is 0 Å². The molecular formula is C31H44O. The molecule has 0 saturated heterocycles. The highest BCUT2D eigenvalue weighted by Crippen LogP contribution is 2.18. The van der Waals surface area contributed by atoms with Crippen LogP contribution in [0.2, 0.25) is 0 Å². The molecule has 174 valence electrons. The van der Waals surface area contributed by atoms with Crippen LogP contribution in [0.4, 0.5) is 0 Å². The minimum atomic E-state index is 0.464. The van der Waals surface area contributed by atoms with Gasteiger partial charge in [0.1, 0.15) is 12.4 Å². The van der Waals surface area contributed by atoms with Gasteiger partial charge in [0.05, 0.1) is 0 Å². The normalized spacial score (nSPS) is 14.9. The third-order valence-electron chi connectivity index (χ3n) is 5.58. The number of benzene rings is 1. The van der Waals surface area contributed by atoms with E-state index in [4.69, 9.17) is 4.74 Å². The summed E-state index contributed by atoms with van der Waals surface area (Å²) < 4.78 is 5.95. The standard InChI is InChI=1S/C31H44O/c1-9-11-12-29-18-21-31(22-19-29)32-23-25(5)14-20-30(10-2)28(8)17-16-27(7)26(6)15-13-24(3)4/h9,13-22,24,26H,1,10-12,23H2,2-8H3/b15-13-,25-14+,27-16+,28-17+,30-20+. The van der Waals surface area contributed by atoms with E-state index in [-0.39, 0.29) is 0 Å². The van der Waals surface area contributed by atoms with Crippen molar-refractivity contribution in [3.63, 3.8) is 0 Å². The first kappa shape index (κ1) is 27.5. The average Bonchev–Trinajstić information content (AvgIpc) is 2.79. The van der Waals surface area contributed by atoms with Crippen LogP contribution in [0.3, 0.4) is 0 Å². The van der Waals surface area contributed by atoms with Crippen molar-refractivity contribution < 1.29 is 4.74 Å². The molecule has 0 aliphatic carbocycles. The zero-order chi connectivity index (χ0) is 23.9. The van der Waals surface area contributed by atoms with E-state index in [1.807, 2.05) is 6.08 Å². The number of aryl methyl sites for hydroxylation is 1. The maximum absolute atomic E-state index is 5.95. The second-order valence-electron chi connectivity index (χ2n) is 9.00. The van der Waals surface area contributed by atoms with Crippen LogP contribution in [-0.4, -0.2) is 6.61 Å². The molecule has 0 aliphatic rings. The Labute approximate surface area is 198 Å². The summed E-state index contributed by atoms with van der Waals surface area (Å²) in [6.45, 7) is 19.8. The van der Waals surface area contributed by atoms with E-state index in [1.165, 1.54) is 27.9 Å². The van der Waals surface area contributed by atoms with E-state index >= 15 is 0 Å². The summed E-state index contributed by atoms with van der Waals surface area (Å²) in [7, 11) is 0. The Hall–Kier alpha value is -2.54. The summed E-state index contributed by atoms with van der Waals surface area (Å²) in [5.41, 5.74) is 6.57. The summed E-state index contributed by atoms with van der Waals surface area (Å²) in [6, 6.07) is 8.38. The third-order valence-corrected chi connectivity index (χ3v) is 5.58. The summed E-state index contributed by atoms with van der Waals surface area (Å²) in [5.74, 6) is 1.97. The van der Waals surface area contributed by atoms with Crippen molar-refractivity contribution in [3.05, 3.63) is 101 Å². The van der Waals surface area contributed by atoms with Gasteiger partial charge in [-0.3, -0.25) is 0 Å². The Morgan fingerprint density at radius 3 is 2.22 bits per heavy atom. The monoisotopic (exact) mass is 432 g/mol. The van der Waals surface area contributed by atoms with Crippen LogP contribution in [0.1, 0.15) is 66.9 Å². The van der Waals surface area contributed by atoms with Crippen molar-refractivity contribution in [1.82, 2.24) is 0 Å². The maximum atomic E-state index is 5.95. The first-order valence-corrected chi connectivity index (χ1v) is 12.0. The quantitative estimate of drug-likeness (QED) is 0.223. The number of hydrogen-bond acceptors (Lipinski definition) is 1. The van der Waals surface area contributed by atoms with Gasteiger partial charge in [-0.2, -0.15) is 0 Å². The number of ether oxygens (including phenoxy) is 1. The number of rotatable bonds is 13. The van der Waals surface area contributed by atoms with Gasteiger partial charge in [-0.05, 0) is 86.3 Å². The molecular weight excluding hydrogens is 388 g/mol. The summed E-state index contributed by atoms with van der Waals surface area (Å²) >= 11 is 0. The molecule has 0 radical (unpaired) electrons. The van der Waals surface area contributed by atoms with Gasteiger partial charge in [-0.15, -0.1) is 6.58 Å². The minimum absolute atomic E-state index is 0.464. The Morgan fingerprint density at radius 1 is 0.938 bits per heavy atom. The number of allylic oxidation sites excluding steroid dienone is 10. The Morgan fingerprint density at radius 2 is 1.62 bits per heavy atom. The summed E-state index contributed by atoms with van der Waals surface area (Å²) in [6.07, 6.45) is 18.5. The van der Waals surface area contributed by atoms with Crippen molar-refractivity contribution in [3.8, 4) is 5.75 Å². The molecule has 0 bridgehead atoms. The lowest BCUT2D eigenvalue weighted by Crippen LogP contribution is -1.98. The smallest absolute Gasteiger partial charge is 0.119 e.